The first-order chi connectivity index (χ1) is 8.58. The predicted molar refractivity (Wildman–Crippen MR) is 70.4 cm³/mol. The molecule has 0 radical (unpaired) electrons. The average molecular weight is 313 g/mol. The van der Waals surface area contributed by atoms with Crippen LogP contribution in [0.4, 0.5) is 4.39 Å². The summed E-state index contributed by atoms with van der Waals surface area (Å²) in [6, 6.07) is 4.98. The molecule has 1 aromatic heterocycles. The number of benzene rings is 1. The summed E-state index contributed by atoms with van der Waals surface area (Å²) >= 11 is 3.24. The minimum Gasteiger partial charge on any atom is -0.320 e. The SMILES string of the molecule is CC(NCc1nncn1C)c1ccc(Br)cc1F. The molecule has 1 atom stereocenters. The van der Waals surface area contributed by atoms with Gasteiger partial charge >= 0.3 is 0 Å². The minimum atomic E-state index is -0.220. The van der Waals surface area contributed by atoms with Crippen LogP contribution >= 0.6 is 15.9 Å². The molecular formula is C12H14BrFN4. The highest BCUT2D eigenvalue weighted by Gasteiger charge is 2.11. The molecular weight excluding hydrogens is 299 g/mol. The first-order valence-corrected chi connectivity index (χ1v) is 6.38. The van der Waals surface area contributed by atoms with Gasteiger partial charge in [0.05, 0.1) is 6.54 Å². The molecule has 0 bridgehead atoms. The van der Waals surface area contributed by atoms with Gasteiger partial charge in [-0.05, 0) is 19.1 Å². The number of hydrogen-bond acceptors (Lipinski definition) is 3. The first kappa shape index (κ1) is 13.2. The smallest absolute Gasteiger partial charge is 0.146 e. The number of rotatable bonds is 4. The molecule has 1 N–H and O–H groups in total. The summed E-state index contributed by atoms with van der Waals surface area (Å²) in [7, 11) is 1.88. The Balaban J connectivity index is 2.03. The molecule has 0 saturated heterocycles. The van der Waals surface area contributed by atoms with Crippen LogP contribution in [-0.4, -0.2) is 14.8 Å². The Hall–Kier alpha value is -1.27. The van der Waals surface area contributed by atoms with Gasteiger partial charge in [0.15, 0.2) is 0 Å². The zero-order valence-electron chi connectivity index (χ0n) is 10.2. The quantitative estimate of drug-likeness (QED) is 0.943. The molecule has 4 nitrogen and oxygen atoms in total. The Kier molecular flexibility index (Phi) is 4.08. The van der Waals surface area contributed by atoms with Crippen molar-refractivity contribution in [2.75, 3.05) is 0 Å². The number of hydrogen-bond donors (Lipinski definition) is 1. The first-order valence-electron chi connectivity index (χ1n) is 5.59. The van der Waals surface area contributed by atoms with Gasteiger partial charge in [0.25, 0.3) is 0 Å². The molecule has 0 fully saturated rings. The van der Waals surface area contributed by atoms with Crippen molar-refractivity contribution in [3.05, 3.63) is 46.2 Å². The molecule has 0 aliphatic carbocycles. The van der Waals surface area contributed by atoms with Gasteiger partial charge in [0.1, 0.15) is 18.0 Å². The van der Waals surface area contributed by atoms with Crippen molar-refractivity contribution in [2.45, 2.75) is 19.5 Å². The standard InChI is InChI=1S/C12H14BrFN4/c1-8(10-4-3-9(13)5-11(10)14)15-6-12-17-16-7-18(12)2/h3-5,7-8,15H,6H2,1-2H3. The summed E-state index contributed by atoms with van der Waals surface area (Å²) in [5, 5.41) is 11.0. The minimum absolute atomic E-state index is 0.0881. The van der Waals surface area contributed by atoms with Crippen LogP contribution in [0, 0.1) is 5.82 Å². The number of aryl methyl sites for hydroxylation is 1. The van der Waals surface area contributed by atoms with E-state index in [1.165, 1.54) is 6.07 Å². The molecule has 18 heavy (non-hydrogen) atoms. The van der Waals surface area contributed by atoms with Crippen molar-refractivity contribution < 1.29 is 4.39 Å². The Morgan fingerprint density at radius 1 is 1.50 bits per heavy atom. The Bertz CT molecular complexity index is 541. The molecule has 96 valence electrons. The Labute approximate surface area is 113 Å². The van der Waals surface area contributed by atoms with Crippen LogP contribution in [0.25, 0.3) is 0 Å². The van der Waals surface area contributed by atoms with Crippen LogP contribution < -0.4 is 5.32 Å². The van der Waals surface area contributed by atoms with Crippen LogP contribution in [0.2, 0.25) is 0 Å². The third kappa shape index (κ3) is 2.94. The molecule has 2 rings (SSSR count). The normalized spacial score (nSPS) is 12.7. The van der Waals surface area contributed by atoms with Crippen molar-refractivity contribution in [1.82, 2.24) is 20.1 Å². The third-order valence-corrected chi connectivity index (χ3v) is 3.29. The Morgan fingerprint density at radius 3 is 2.89 bits per heavy atom. The number of aromatic nitrogens is 3. The highest BCUT2D eigenvalue weighted by molar-refractivity contribution is 9.10. The van der Waals surface area contributed by atoms with Crippen molar-refractivity contribution in [1.29, 1.82) is 0 Å². The molecule has 0 saturated carbocycles. The van der Waals surface area contributed by atoms with Crippen LogP contribution in [0.15, 0.2) is 29.0 Å². The fourth-order valence-corrected chi connectivity index (χ4v) is 2.01. The van der Waals surface area contributed by atoms with Gasteiger partial charge in [0.2, 0.25) is 0 Å². The van der Waals surface area contributed by atoms with Crippen LogP contribution in [0.5, 0.6) is 0 Å². The summed E-state index contributed by atoms with van der Waals surface area (Å²) in [6.45, 7) is 2.47. The molecule has 1 aromatic carbocycles. The summed E-state index contributed by atoms with van der Waals surface area (Å²) in [6.07, 6.45) is 1.64. The lowest BCUT2D eigenvalue weighted by atomic mass is 10.1. The zero-order valence-corrected chi connectivity index (χ0v) is 11.8. The monoisotopic (exact) mass is 312 g/mol. The van der Waals surface area contributed by atoms with Crippen LogP contribution in [-0.2, 0) is 13.6 Å². The lowest BCUT2D eigenvalue weighted by molar-refractivity contribution is 0.514. The van der Waals surface area contributed by atoms with E-state index in [1.807, 2.05) is 24.6 Å². The lowest BCUT2D eigenvalue weighted by Gasteiger charge is -2.14. The van der Waals surface area contributed by atoms with E-state index < -0.39 is 0 Å². The molecule has 0 amide bonds. The maximum absolute atomic E-state index is 13.7. The zero-order chi connectivity index (χ0) is 13.1. The molecule has 2 aromatic rings. The fraction of sp³-hybridized carbons (Fsp3) is 0.333. The van der Waals surface area contributed by atoms with E-state index in [2.05, 4.69) is 31.4 Å². The number of halogens is 2. The van der Waals surface area contributed by atoms with E-state index in [-0.39, 0.29) is 11.9 Å². The maximum Gasteiger partial charge on any atom is 0.146 e. The molecule has 1 heterocycles. The van der Waals surface area contributed by atoms with E-state index in [1.54, 1.807) is 12.4 Å². The highest BCUT2D eigenvalue weighted by atomic mass is 79.9. The van der Waals surface area contributed by atoms with E-state index in [4.69, 9.17) is 0 Å². The van der Waals surface area contributed by atoms with Crippen LogP contribution in [0.1, 0.15) is 24.4 Å². The van der Waals surface area contributed by atoms with Crippen molar-refractivity contribution in [2.24, 2.45) is 7.05 Å². The predicted octanol–water partition coefficient (Wildman–Crippen LogP) is 2.57. The van der Waals surface area contributed by atoms with E-state index in [0.29, 0.717) is 12.1 Å². The molecule has 0 spiro atoms. The summed E-state index contributed by atoms with van der Waals surface area (Å²) in [5.41, 5.74) is 0.639. The second kappa shape index (κ2) is 5.58. The van der Waals surface area contributed by atoms with Crippen LogP contribution in [0.3, 0.4) is 0 Å². The Morgan fingerprint density at radius 2 is 2.28 bits per heavy atom. The van der Waals surface area contributed by atoms with Gasteiger partial charge in [-0.25, -0.2) is 4.39 Å². The van der Waals surface area contributed by atoms with Gasteiger partial charge in [-0.15, -0.1) is 10.2 Å². The van der Waals surface area contributed by atoms with E-state index >= 15 is 0 Å². The molecule has 0 aliphatic heterocycles. The lowest BCUT2D eigenvalue weighted by Crippen LogP contribution is -2.21. The second-order valence-corrected chi connectivity index (χ2v) is 5.04. The third-order valence-electron chi connectivity index (χ3n) is 2.80. The van der Waals surface area contributed by atoms with Gasteiger partial charge in [-0.2, -0.15) is 0 Å². The number of nitrogens with zero attached hydrogens (tertiary/aromatic N) is 3. The van der Waals surface area contributed by atoms with Gasteiger partial charge in [0, 0.05) is 23.1 Å². The summed E-state index contributed by atoms with van der Waals surface area (Å²) in [4.78, 5) is 0. The van der Waals surface area contributed by atoms with Gasteiger partial charge in [-0.3, -0.25) is 0 Å². The van der Waals surface area contributed by atoms with Gasteiger partial charge < -0.3 is 9.88 Å². The average Bonchev–Trinajstić information content (AvgIpc) is 2.72. The van der Waals surface area contributed by atoms with E-state index in [9.17, 15) is 4.39 Å². The highest BCUT2D eigenvalue weighted by Crippen LogP contribution is 2.20. The van der Waals surface area contributed by atoms with Gasteiger partial charge in [-0.1, -0.05) is 22.0 Å². The maximum atomic E-state index is 13.7. The molecule has 0 aliphatic rings. The van der Waals surface area contributed by atoms with Crippen molar-refractivity contribution in [3.63, 3.8) is 0 Å². The largest absolute Gasteiger partial charge is 0.320 e. The second-order valence-electron chi connectivity index (χ2n) is 4.13. The summed E-state index contributed by atoms with van der Waals surface area (Å²) < 4.78 is 16.3. The topological polar surface area (TPSA) is 42.7 Å². The molecule has 6 heteroatoms. The number of nitrogens with one attached hydrogen (secondary N) is 1. The van der Waals surface area contributed by atoms with Crippen molar-refractivity contribution >= 4 is 15.9 Å². The van der Waals surface area contributed by atoms with Crippen molar-refractivity contribution in [3.8, 4) is 0 Å². The summed E-state index contributed by atoms with van der Waals surface area (Å²) in [5.74, 6) is 0.599. The fourth-order valence-electron chi connectivity index (χ4n) is 1.67. The molecule has 1 unspecified atom stereocenters. The van der Waals surface area contributed by atoms with E-state index in [0.717, 1.165) is 10.3 Å².